The zero-order valence-electron chi connectivity index (χ0n) is 15.4. The lowest BCUT2D eigenvalue weighted by atomic mass is 9.84. The summed E-state index contributed by atoms with van der Waals surface area (Å²) in [6.45, 7) is 5.62. The van der Waals surface area contributed by atoms with Crippen LogP contribution >= 0.6 is 0 Å². The molecule has 1 aromatic carbocycles. The molecule has 0 radical (unpaired) electrons. The van der Waals surface area contributed by atoms with Gasteiger partial charge in [0.1, 0.15) is 5.69 Å². The van der Waals surface area contributed by atoms with Crippen molar-refractivity contribution in [2.45, 2.75) is 25.8 Å². The first-order valence-electron chi connectivity index (χ1n) is 9.66. The quantitative estimate of drug-likeness (QED) is 0.713. The van der Waals surface area contributed by atoms with Crippen molar-refractivity contribution in [2.24, 2.45) is 5.92 Å². The van der Waals surface area contributed by atoms with Crippen LogP contribution in [-0.4, -0.2) is 56.8 Å². The van der Waals surface area contributed by atoms with E-state index in [0.717, 1.165) is 28.7 Å². The van der Waals surface area contributed by atoms with Gasteiger partial charge in [-0.15, -0.1) is 5.10 Å². The minimum atomic E-state index is -0.371. The van der Waals surface area contributed by atoms with E-state index in [1.165, 1.54) is 25.9 Å². The van der Waals surface area contributed by atoms with Crippen molar-refractivity contribution >= 4 is 17.0 Å². The highest BCUT2D eigenvalue weighted by Gasteiger charge is 2.36. The molecule has 3 fully saturated rings. The second kappa shape index (κ2) is 6.49. The lowest BCUT2D eigenvalue weighted by Crippen LogP contribution is -2.48. The highest BCUT2D eigenvalue weighted by atomic mass is 16.5. The number of benzene rings is 1. The van der Waals surface area contributed by atoms with Crippen molar-refractivity contribution in [3.8, 4) is 11.3 Å². The van der Waals surface area contributed by atoms with E-state index in [-0.39, 0.29) is 6.09 Å². The first-order chi connectivity index (χ1) is 13.2. The van der Waals surface area contributed by atoms with Gasteiger partial charge in [-0.25, -0.2) is 9.48 Å². The predicted molar refractivity (Wildman–Crippen MR) is 102 cm³/mol. The van der Waals surface area contributed by atoms with Crippen LogP contribution in [0.5, 0.6) is 0 Å². The molecule has 3 aliphatic heterocycles. The molecule has 0 aliphatic carbocycles. The van der Waals surface area contributed by atoms with Gasteiger partial charge in [0, 0.05) is 23.7 Å². The Morgan fingerprint density at radius 2 is 2.04 bits per heavy atom. The number of ether oxygens (including phenoxy) is 1. The lowest BCUT2D eigenvalue weighted by Gasteiger charge is -2.44. The molecule has 1 unspecified atom stereocenters. The number of carbonyl (C=O) groups excluding carboxylic acids is 1. The average Bonchev–Trinajstić information content (AvgIpc) is 3.34. The molecule has 3 aliphatic rings. The molecule has 3 aromatic rings. The molecular weight excluding hydrogens is 342 g/mol. The van der Waals surface area contributed by atoms with Gasteiger partial charge < -0.3 is 9.64 Å². The highest BCUT2D eigenvalue weighted by Crippen LogP contribution is 2.36. The third-order valence-electron chi connectivity index (χ3n) is 5.92. The Morgan fingerprint density at radius 3 is 2.78 bits per heavy atom. The topological polar surface area (TPSA) is 65.2 Å². The SMILES string of the molecule is CCOC(=O)n1cc(-c2cn(C3CN4CCC3CC4)nn2)c2ccccc21. The standard InChI is InChI=1S/C20H23N5O2/c1-2-27-20(26)24-11-16(15-5-3-4-6-18(15)24)17-12-25(22-21-17)19-13-23-9-7-14(19)8-10-23/h3-6,11-12,14,19H,2,7-10,13H2,1H3. The molecule has 0 amide bonds. The number of aromatic nitrogens is 4. The van der Waals surface area contributed by atoms with Gasteiger partial charge in [0.25, 0.3) is 0 Å². The van der Waals surface area contributed by atoms with E-state index in [1.54, 1.807) is 4.57 Å². The molecule has 7 nitrogen and oxygen atoms in total. The third kappa shape index (κ3) is 2.73. The van der Waals surface area contributed by atoms with E-state index in [4.69, 9.17) is 4.74 Å². The zero-order valence-corrected chi connectivity index (χ0v) is 15.4. The van der Waals surface area contributed by atoms with E-state index in [0.29, 0.717) is 18.6 Å². The monoisotopic (exact) mass is 365 g/mol. The number of carbonyl (C=O) groups is 1. The van der Waals surface area contributed by atoms with E-state index >= 15 is 0 Å². The van der Waals surface area contributed by atoms with Gasteiger partial charge in [-0.2, -0.15) is 0 Å². The molecule has 5 heterocycles. The van der Waals surface area contributed by atoms with E-state index in [2.05, 4.69) is 15.2 Å². The van der Waals surface area contributed by atoms with E-state index < -0.39 is 0 Å². The highest BCUT2D eigenvalue weighted by molar-refractivity contribution is 5.99. The van der Waals surface area contributed by atoms with Crippen LogP contribution in [0.15, 0.2) is 36.7 Å². The maximum absolute atomic E-state index is 12.3. The fourth-order valence-corrected chi connectivity index (χ4v) is 4.52. The molecule has 0 N–H and O–H groups in total. The summed E-state index contributed by atoms with van der Waals surface area (Å²) in [4.78, 5) is 14.8. The van der Waals surface area contributed by atoms with Gasteiger partial charge in [0.2, 0.25) is 0 Å². The summed E-state index contributed by atoms with van der Waals surface area (Å²) < 4.78 is 8.78. The summed E-state index contributed by atoms with van der Waals surface area (Å²) in [7, 11) is 0. The van der Waals surface area contributed by atoms with Crippen molar-refractivity contribution < 1.29 is 9.53 Å². The van der Waals surface area contributed by atoms with Crippen LogP contribution in [-0.2, 0) is 4.74 Å². The minimum Gasteiger partial charge on any atom is -0.449 e. The van der Waals surface area contributed by atoms with Crippen LogP contribution in [0.25, 0.3) is 22.2 Å². The van der Waals surface area contributed by atoms with Crippen LogP contribution in [0.3, 0.4) is 0 Å². The van der Waals surface area contributed by atoms with Crippen molar-refractivity contribution in [3.05, 3.63) is 36.7 Å². The Morgan fingerprint density at radius 1 is 1.22 bits per heavy atom. The molecule has 6 rings (SSSR count). The Kier molecular flexibility index (Phi) is 3.97. The Hall–Kier alpha value is -2.67. The van der Waals surface area contributed by atoms with Crippen LogP contribution in [0.4, 0.5) is 4.79 Å². The third-order valence-corrected chi connectivity index (χ3v) is 5.92. The number of rotatable bonds is 3. The molecule has 2 aromatic heterocycles. The lowest BCUT2D eigenvalue weighted by molar-refractivity contribution is 0.0504. The van der Waals surface area contributed by atoms with Gasteiger partial charge in [-0.1, -0.05) is 23.4 Å². The average molecular weight is 365 g/mol. The fourth-order valence-electron chi connectivity index (χ4n) is 4.52. The van der Waals surface area contributed by atoms with Crippen LogP contribution in [0.2, 0.25) is 0 Å². The summed E-state index contributed by atoms with van der Waals surface area (Å²) >= 11 is 0. The Bertz CT molecular complexity index is 983. The first-order valence-corrected chi connectivity index (χ1v) is 9.66. The number of nitrogens with zero attached hydrogens (tertiary/aromatic N) is 5. The van der Waals surface area contributed by atoms with Crippen LogP contribution in [0.1, 0.15) is 25.8 Å². The number of fused-ring (bicyclic) bond motifs is 4. The number of para-hydroxylation sites is 1. The smallest absolute Gasteiger partial charge is 0.418 e. The predicted octanol–water partition coefficient (Wildman–Crippen LogP) is 3.17. The van der Waals surface area contributed by atoms with Crippen molar-refractivity contribution in [1.82, 2.24) is 24.5 Å². The largest absolute Gasteiger partial charge is 0.449 e. The van der Waals surface area contributed by atoms with Crippen molar-refractivity contribution in [1.29, 1.82) is 0 Å². The van der Waals surface area contributed by atoms with Gasteiger partial charge >= 0.3 is 6.09 Å². The van der Waals surface area contributed by atoms with Gasteiger partial charge in [-0.3, -0.25) is 4.57 Å². The normalized spacial score (nSPS) is 24.4. The van der Waals surface area contributed by atoms with E-state index in [1.807, 2.05) is 48.3 Å². The van der Waals surface area contributed by atoms with Crippen LogP contribution in [0, 0.1) is 5.92 Å². The first kappa shape index (κ1) is 16.5. The summed E-state index contributed by atoms with van der Waals surface area (Å²) in [5.74, 6) is 0.686. The summed E-state index contributed by atoms with van der Waals surface area (Å²) in [6.07, 6.45) is 5.95. The molecule has 140 valence electrons. The fraction of sp³-hybridized carbons (Fsp3) is 0.450. The Labute approximate surface area is 157 Å². The molecule has 7 heteroatoms. The van der Waals surface area contributed by atoms with Crippen molar-refractivity contribution in [3.63, 3.8) is 0 Å². The minimum absolute atomic E-state index is 0.344. The molecule has 3 saturated heterocycles. The molecular formula is C20H23N5O2. The second-order valence-corrected chi connectivity index (χ2v) is 7.42. The molecule has 2 bridgehead atoms. The van der Waals surface area contributed by atoms with Gasteiger partial charge in [0.15, 0.2) is 0 Å². The Balaban J connectivity index is 1.53. The van der Waals surface area contributed by atoms with E-state index in [9.17, 15) is 4.79 Å². The number of hydrogen-bond acceptors (Lipinski definition) is 5. The molecule has 0 saturated carbocycles. The molecule has 0 spiro atoms. The number of hydrogen-bond donors (Lipinski definition) is 0. The maximum Gasteiger partial charge on any atom is 0.418 e. The van der Waals surface area contributed by atoms with Gasteiger partial charge in [0.05, 0.1) is 24.4 Å². The van der Waals surface area contributed by atoms with Gasteiger partial charge in [-0.05, 0) is 44.8 Å². The summed E-state index contributed by atoms with van der Waals surface area (Å²) in [5, 5.41) is 9.87. The second-order valence-electron chi connectivity index (χ2n) is 7.42. The summed E-state index contributed by atoms with van der Waals surface area (Å²) in [6, 6.07) is 8.22. The molecule has 27 heavy (non-hydrogen) atoms. The van der Waals surface area contributed by atoms with Crippen LogP contribution < -0.4 is 0 Å². The molecule has 1 atom stereocenters. The summed E-state index contributed by atoms with van der Waals surface area (Å²) in [5.41, 5.74) is 2.53. The van der Waals surface area contributed by atoms with Crippen molar-refractivity contribution in [2.75, 3.05) is 26.2 Å². The number of piperidine rings is 3. The maximum atomic E-state index is 12.3. The zero-order chi connectivity index (χ0) is 18.4.